The molecule has 1 saturated carbocycles. The molecule has 1 aliphatic carbocycles. The van der Waals surface area contributed by atoms with Crippen molar-refractivity contribution in [3.8, 4) is 0 Å². The van der Waals surface area contributed by atoms with Crippen LogP contribution in [0.25, 0.3) is 0 Å². The number of anilines is 1. The van der Waals surface area contributed by atoms with E-state index in [1.807, 2.05) is 0 Å². The van der Waals surface area contributed by atoms with E-state index in [9.17, 15) is 9.59 Å². The molecule has 1 aromatic rings. The SMILES string of the molecule is COC(=O)c1cc(Cl)ccc1NC(=O)CNC1CC1. The minimum absolute atomic E-state index is 0.195. The van der Waals surface area contributed by atoms with Crippen molar-refractivity contribution in [3.63, 3.8) is 0 Å². The lowest BCUT2D eigenvalue weighted by Gasteiger charge is -2.10. The molecule has 1 amide bonds. The first-order valence-electron chi connectivity index (χ1n) is 6.01. The molecular weight excluding hydrogens is 268 g/mol. The van der Waals surface area contributed by atoms with E-state index in [4.69, 9.17) is 11.6 Å². The number of methoxy groups -OCH3 is 1. The Hall–Kier alpha value is -1.59. The minimum Gasteiger partial charge on any atom is -0.465 e. The highest BCUT2D eigenvalue weighted by Gasteiger charge is 2.21. The van der Waals surface area contributed by atoms with Gasteiger partial charge in [0.25, 0.3) is 0 Å². The standard InChI is InChI=1S/C13H15ClN2O3/c1-19-13(18)10-6-8(14)2-5-11(10)16-12(17)7-15-9-3-4-9/h2,5-6,9,15H,3-4,7H2,1H3,(H,16,17). The van der Waals surface area contributed by atoms with Crippen molar-refractivity contribution < 1.29 is 14.3 Å². The maximum absolute atomic E-state index is 11.7. The van der Waals surface area contributed by atoms with Crippen LogP contribution in [-0.4, -0.2) is 31.6 Å². The van der Waals surface area contributed by atoms with Gasteiger partial charge in [-0.25, -0.2) is 4.79 Å². The fourth-order valence-electron chi connectivity index (χ4n) is 1.62. The Kier molecular flexibility index (Phi) is 4.39. The zero-order valence-corrected chi connectivity index (χ0v) is 11.3. The Labute approximate surface area is 116 Å². The van der Waals surface area contributed by atoms with Crippen LogP contribution >= 0.6 is 11.6 Å². The van der Waals surface area contributed by atoms with Crippen LogP contribution in [0.1, 0.15) is 23.2 Å². The third-order valence-electron chi connectivity index (χ3n) is 2.79. The lowest BCUT2D eigenvalue weighted by Crippen LogP contribution is -2.30. The number of nitrogens with one attached hydrogen (secondary N) is 2. The van der Waals surface area contributed by atoms with E-state index >= 15 is 0 Å². The smallest absolute Gasteiger partial charge is 0.340 e. The molecule has 1 aromatic carbocycles. The summed E-state index contributed by atoms with van der Waals surface area (Å²) in [4.78, 5) is 23.3. The second-order valence-electron chi connectivity index (χ2n) is 4.38. The van der Waals surface area contributed by atoms with Crippen LogP contribution in [0, 0.1) is 0 Å². The lowest BCUT2D eigenvalue weighted by atomic mass is 10.2. The summed E-state index contributed by atoms with van der Waals surface area (Å²) in [6.45, 7) is 0.230. The molecule has 102 valence electrons. The second kappa shape index (κ2) is 6.04. The summed E-state index contributed by atoms with van der Waals surface area (Å²) in [5, 5.41) is 6.18. The van der Waals surface area contributed by atoms with Crippen molar-refractivity contribution in [2.45, 2.75) is 18.9 Å². The molecule has 0 atom stereocenters. The highest BCUT2D eigenvalue weighted by molar-refractivity contribution is 6.31. The number of rotatable bonds is 5. The van der Waals surface area contributed by atoms with Crippen molar-refractivity contribution in [1.29, 1.82) is 0 Å². The van der Waals surface area contributed by atoms with Gasteiger partial charge in [-0.05, 0) is 31.0 Å². The highest BCUT2D eigenvalue weighted by atomic mass is 35.5. The number of carbonyl (C=O) groups is 2. The summed E-state index contributed by atoms with van der Waals surface area (Å²) in [6, 6.07) is 5.12. The predicted octanol–water partition coefficient (Wildman–Crippen LogP) is 1.82. The van der Waals surface area contributed by atoms with Gasteiger partial charge in [0, 0.05) is 11.1 Å². The Balaban J connectivity index is 2.05. The van der Waals surface area contributed by atoms with E-state index in [2.05, 4.69) is 15.4 Å². The molecule has 0 aliphatic heterocycles. The Morgan fingerprint density at radius 3 is 2.79 bits per heavy atom. The molecule has 5 nitrogen and oxygen atoms in total. The maximum Gasteiger partial charge on any atom is 0.340 e. The number of ether oxygens (including phenoxy) is 1. The monoisotopic (exact) mass is 282 g/mol. The van der Waals surface area contributed by atoms with E-state index in [1.54, 1.807) is 12.1 Å². The van der Waals surface area contributed by atoms with Crippen LogP contribution in [-0.2, 0) is 9.53 Å². The van der Waals surface area contributed by atoms with Crippen molar-refractivity contribution in [3.05, 3.63) is 28.8 Å². The van der Waals surface area contributed by atoms with Crippen LogP contribution in [0.5, 0.6) is 0 Å². The average molecular weight is 283 g/mol. The summed E-state index contributed by atoms with van der Waals surface area (Å²) in [5.41, 5.74) is 0.647. The molecule has 0 bridgehead atoms. The van der Waals surface area contributed by atoms with E-state index in [-0.39, 0.29) is 18.0 Å². The number of halogens is 1. The van der Waals surface area contributed by atoms with Gasteiger partial charge in [0.05, 0.1) is 24.9 Å². The predicted molar refractivity (Wildman–Crippen MR) is 72.4 cm³/mol. The van der Waals surface area contributed by atoms with Crippen molar-refractivity contribution >= 4 is 29.2 Å². The summed E-state index contributed by atoms with van der Waals surface area (Å²) >= 11 is 5.83. The van der Waals surface area contributed by atoms with Gasteiger partial charge < -0.3 is 15.4 Å². The maximum atomic E-state index is 11.7. The molecule has 2 N–H and O–H groups in total. The van der Waals surface area contributed by atoms with Gasteiger partial charge in [-0.2, -0.15) is 0 Å². The third-order valence-corrected chi connectivity index (χ3v) is 3.02. The normalized spacial score (nSPS) is 14.0. The minimum atomic E-state index is -0.534. The second-order valence-corrected chi connectivity index (χ2v) is 4.82. The molecule has 0 radical (unpaired) electrons. The Morgan fingerprint density at radius 1 is 1.42 bits per heavy atom. The first-order chi connectivity index (χ1) is 9.10. The average Bonchev–Trinajstić information content (AvgIpc) is 3.21. The molecule has 0 saturated heterocycles. The zero-order valence-electron chi connectivity index (χ0n) is 10.5. The molecule has 0 unspecified atom stereocenters. The zero-order chi connectivity index (χ0) is 13.8. The van der Waals surface area contributed by atoms with Gasteiger partial charge in [-0.3, -0.25) is 4.79 Å². The summed E-state index contributed by atoms with van der Waals surface area (Å²) in [5.74, 6) is -0.729. The number of carbonyl (C=O) groups excluding carboxylic acids is 2. The van der Waals surface area contributed by atoms with Gasteiger partial charge in [0.15, 0.2) is 0 Å². The van der Waals surface area contributed by atoms with Crippen LogP contribution in [0.3, 0.4) is 0 Å². The fraction of sp³-hybridized carbons (Fsp3) is 0.385. The number of amides is 1. The third kappa shape index (κ3) is 3.94. The van der Waals surface area contributed by atoms with E-state index < -0.39 is 5.97 Å². The van der Waals surface area contributed by atoms with Crippen LogP contribution in [0.4, 0.5) is 5.69 Å². The van der Waals surface area contributed by atoms with Gasteiger partial charge in [0.1, 0.15) is 0 Å². The highest BCUT2D eigenvalue weighted by Crippen LogP contribution is 2.22. The summed E-state index contributed by atoms with van der Waals surface area (Å²) in [6.07, 6.45) is 2.23. The van der Waals surface area contributed by atoms with Crippen molar-refractivity contribution in [2.75, 3.05) is 19.0 Å². The molecule has 1 fully saturated rings. The Bertz CT molecular complexity index is 501. The topological polar surface area (TPSA) is 67.4 Å². The molecule has 0 spiro atoms. The number of benzene rings is 1. The van der Waals surface area contributed by atoms with Gasteiger partial charge in [-0.15, -0.1) is 0 Å². The number of esters is 1. The quantitative estimate of drug-likeness (QED) is 0.809. The van der Waals surface area contributed by atoms with Crippen LogP contribution in [0.2, 0.25) is 5.02 Å². The summed E-state index contributed by atoms with van der Waals surface area (Å²) < 4.78 is 4.66. The van der Waals surface area contributed by atoms with Gasteiger partial charge >= 0.3 is 5.97 Å². The molecule has 1 aliphatic rings. The summed E-state index contributed by atoms with van der Waals surface area (Å²) in [7, 11) is 1.28. The van der Waals surface area contributed by atoms with E-state index in [1.165, 1.54) is 13.2 Å². The van der Waals surface area contributed by atoms with Crippen LogP contribution < -0.4 is 10.6 Å². The molecular formula is C13H15ClN2O3. The first-order valence-corrected chi connectivity index (χ1v) is 6.39. The fourth-order valence-corrected chi connectivity index (χ4v) is 1.80. The largest absolute Gasteiger partial charge is 0.465 e. The molecule has 0 aromatic heterocycles. The Morgan fingerprint density at radius 2 is 2.16 bits per heavy atom. The lowest BCUT2D eigenvalue weighted by molar-refractivity contribution is -0.115. The molecule has 6 heteroatoms. The van der Waals surface area contributed by atoms with Crippen molar-refractivity contribution in [2.24, 2.45) is 0 Å². The molecule has 2 rings (SSSR count). The van der Waals surface area contributed by atoms with Crippen LogP contribution in [0.15, 0.2) is 18.2 Å². The molecule has 0 heterocycles. The van der Waals surface area contributed by atoms with Gasteiger partial charge in [-0.1, -0.05) is 11.6 Å². The van der Waals surface area contributed by atoms with Gasteiger partial charge in [0.2, 0.25) is 5.91 Å². The molecule has 19 heavy (non-hydrogen) atoms. The number of hydrogen-bond donors (Lipinski definition) is 2. The van der Waals surface area contributed by atoms with E-state index in [0.717, 1.165) is 12.8 Å². The first kappa shape index (κ1) is 13.8. The number of hydrogen-bond acceptors (Lipinski definition) is 4. The van der Waals surface area contributed by atoms with Crippen molar-refractivity contribution in [1.82, 2.24) is 5.32 Å². The van der Waals surface area contributed by atoms with E-state index in [0.29, 0.717) is 16.8 Å².